The molecule has 90 valence electrons. The number of nitrogens with two attached hydrogens (primary N) is 1. The molecule has 3 nitrogen and oxygen atoms in total. The molecule has 1 aliphatic rings. The normalized spacial score (nSPS) is 19.9. The van der Waals surface area contributed by atoms with Gasteiger partial charge < -0.3 is 4.42 Å². The molecule has 0 amide bonds. The molecule has 1 unspecified atom stereocenters. The second-order valence-corrected chi connectivity index (χ2v) is 5.45. The van der Waals surface area contributed by atoms with Crippen molar-refractivity contribution in [1.29, 1.82) is 0 Å². The van der Waals surface area contributed by atoms with Gasteiger partial charge in [0.25, 0.3) is 0 Å². The fraction of sp³-hybridized carbons (Fsp3) is 0.667. The molecule has 0 aromatic carbocycles. The van der Waals surface area contributed by atoms with Crippen LogP contribution in [0.4, 0.5) is 0 Å². The van der Waals surface area contributed by atoms with Gasteiger partial charge in [0.2, 0.25) is 0 Å². The summed E-state index contributed by atoms with van der Waals surface area (Å²) in [6.07, 6.45) is 9.55. The Morgan fingerprint density at radius 1 is 1.44 bits per heavy atom. The molecule has 0 bridgehead atoms. The summed E-state index contributed by atoms with van der Waals surface area (Å²) in [5, 5.41) is 0. The van der Waals surface area contributed by atoms with Gasteiger partial charge in [-0.15, -0.1) is 0 Å². The zero-order chi connectivity index (χ0) is 11.4. The van der Waals surface area contributed by atoms with Gasteiger partial charge in [-0.2, -0.15) is 0 Å². The van der Waals surface area contributed by atoms with E-state index in [-0.39, 0.29) is 6.04 Å². The predicted octanol–water partition coefficient (Wildman–Crippen LogP) is 3.52. The maximum atomic E-state index is 5.62. The van der Waals surface area contributed by atoms with E-state index in [2.05, 4.69) is 21.4 Å². The first kappa shape index (κ1) is 12.1. The summed E-state index contributed by atoms with van der Waals surface area (Å²) in [5.74, 6) is 7.33. The topological polar surface area (TPSA) is 51.2 Å². The summed E-state index contributed by atoms with van der Waals surface area (Å²) >= 11 is 3.48. The van der Waals surface area contributed by atoms with Crippen LogP contribution in [0.2, 0.25) is 0 Å². The van der Waals surface area contributed by atoms with Gasteiger partial charge >= 0.3 is 0 Å². The minimum absolute atomic E-state index is 0.132. The van der Waals surface area contributed by atoms with Crippen LogP contribution in [-0.2, 0) is 0 Å². The Kier molecular flexibility index (Phi) is 4.44. The second kappa shape index (κ2) is 5.84. The monoisotopic (exact) mass is 286 g/mol. The number of hydrogen-bond donors (Lipinski definition) is 2. The lowest BCUT2D eigenvalue weighted by Crippen LogP contribution is -2.30. The van der Waals surface area contributed by atoms with Gasteiger partial charge in [0, 0.05) is 0 Å². The maximum absolute atomic E-state index is 5.62. The summed E-state index contributed by atoms with van der Waals surface area (Å²) in [6.45, 7) is 0. The summed E-state index contributed by atoms with van der Waals surface area (Å²) in [6, 6.07) is 2.05. The molecule has 4 heteroatoms. The highest BCUT2D eigenvalue weighted by Gasteiger charge is 2.22. The molecule has 0 spiro atoms. The number of hydrazine groups is 1. The number of nitrogens with one attached hydrogen (secondary N) is 1. The quantitative estimate of drug-likeness (QED) is 0.658. The average Bonchev–Trinajstić information content (AvgIpc) is 2.74. The minimum atomic E-state index is 0.132. The number of furan rings is 1. The van der Waals surface area contributed by atoms with Crippen molar-refractivity contribution < 1.29 is 4.42 Å². The lowest BCUT2D eigenvalue weighted by Gasteiger charge is -2.25. The molecule has 1 heterocycles. The molecule has 2 rings (SSSR count). The first-order chi connectivity index (χ1) is 7.81. The Morgan fingerprint density at radius 2 is 2.19 bits per heavy atom. The molecule has 1 saturated carbocycles. The molecule has 1 aromatic heterocycles. The lowest BCUT2D eigenvalue weighted by atomic mass is 9.84. The van der Waals surface area contributed by atoms with E-state index in [0.29, 0.717) is 0 Å². The van der Waals surface area contributed by atoms with Crippen LogP contribution in [0.15, 0.2) is 21.2 Å². The van der Waals surface area contributed by atoms with Crippen molar-refractivity contribution in [2.24, 2.45) is 11.8 Å². The molecule has 1 fully saturated rings. The Labute approximate surface area is 105 Å². The van der Waals surface area contributed by atoms with Crippen LogP contribution >= 0.6 is 15.9 Å². The van der Waals surface area contributed by atoms with Crippen molar-refractivity contribution >= 4 is 15.9 Å². The molecular weight excluding hydrogens is 268 g/mol. The van der Waals surface area contributed by atoms with Gasteiger partial charge in [-0.3, -0.25) is 5.84 Å². The lowest BCUT2D eigenvalue weighted by molar-refractivity contribution is 0.281. The van der Waals surface area contributed by atoms with Gasteiger partial charge in [0.05, 0.1) is 16.8 Å². The molecule has 1 atom stereocenters. The first-order valence-corrected chi connectivity index (χ1v) is 6.79. The molecule has 0 aliphatic heterocycles. The van der Waals surface area contributed by atoms with Crippen molar-refractivity contribution in [3.05, 3.63) is 22.6 Å². The minimum Gasteiger partial charge on any atom is -0.466 e. The van der Waals surface area contributed by atoms with E-state index in [1.54, 1.807) is 6.26 Å². The van der Waals surface area contributed by atoms with Gasteiger partial charge in [-0.1, -0.05) is 32.1 Å². The summed E-state index contributed by atoms with van der Waals surface area (Å²) < 4.78 is 6.48. The van der Waals surface area contributed by atoms with E-state index >= 15 is 0 Å². The molecule has 0 radical (unpaired) electrons. The fourth-order valence-electron chi connectivity index (χ4n) is 2.56. The van der Waals surface area contributed by atoms with E-state index in [1.807, 2.05) is 6.07 Å². The zero-order valence-corrected chi connectivity index (χ0v) is 11.0. The number of rotatable bonds is 4. The third-order valence-corrected chi connectivity index (χ3v) is 4.11. The van der Waals surface area contributed by atoms with Crippen LogP contribution in [0.3, 0.4) is 0 Å². The van der Waals surface area contributed by atoms with Crippen molar-refractivity contribution in [1.82, 2.24) is 5.43 Å². The smallest absolute Gasteiger partial charge is 0.136 e. The first-order valence-electron chi connectivity index (χ1n) is 6.00. The summed E-state index contributed by atoms with van der Waals surface area (Å²) in [7, 11) is 0. The number of halogens is 1. The second-order valence-electron chi connectivity index (χ2n) is 4.59. The summed E-state index contributed by atoms with van der Waals surface area (Å²) in [5.41, 5.74) is 2.87. The van der Waals surface area contributed by atoms with E-state index in [0.717, 1.165) is 22.6 Å². The van der Waals surface area contributed by atoms with Crippen molar-refractivity contribution in [2.75, 3.05) is 0 Å². The molecular formula is C12H19BrN2O. The van der Waals surface area contributed by atoms with E-state index < -0.39 is 0 Å². The van der Waals surface area contributed by atoms with Crippen molar-refractivity contribution in [3.8, 4) is 0 Å². The number of hydrogen-bond acceptors (Lipinski definition) is 3. The highest BCUT2D eigenvalue weighted by molar-refractivity contribution is 9.10. The Hall–Kier alpha value is -0.320. The van der Waals surface area contributed by atoms with Crippen molar-refractivity contribution in [3.63, 3.8) is 0 Å². The van der Waals surface area contributed by atoms with Crippen LogP contribution in [-0.4, -0.2) is 0 Å². The van der Waals surface area contributed by atoms with Crippen LogP contribution in [0.5, 0.6) is 0 Å². The highest BCUT2D eigenvalue weighted by Crippen LogP contribution is 2.34. The van der Waals surface area contributed by atoms with Crippen LogP contribution < -0.4 is 11.3 Å². The Bertz CT molecular complexity index is 321. The largest absolute Gasteiger partial charge is 0.466 e. The third-order valence-electron chi connectivity index (χ3n) is 3.46. The van der Waals surface area contributed by atoms with E-state index in [9.17, 15) is 0 Å². The summed E-state index contributed by atoms with van der Waals surface area (Å²) in [4.78, 5) is 0. The predicted molar refractivity (Wildman–Crippen MR) is 67.7 cm³/mol. The molecule has 1 aliphatic carbocycles. The van der Waals surface area contributed by atoms with E-state index in [1.165, 1.54) is 32.1 Å². The van der Waals surface area contributed by atoms with Gasteiger partial charge in [0.15, 0.2) is 0 Å². The van der Waals surface area contributed by atoms with Crippen LogP contribution in [0, 0.1) is 5.92 Å². The van der Waals surface area contributed by atoms with Gasteiger partial charge in [0.1, 0.15) is 5.76 Å². The zero-order valence-electron chi connectivity index (χ0n) is 9.42. The van der Waals surface area contributed by atoms with Gasteiger partial charge in [-0.05, 0) is 34.3 Å². The molecule has 1 aromatic rings. The fourth-order valence-corrected chi connectivity index (χ4v) is 3.04. The Balaban J connectivity index is 1.97. The SMILES string of the molecule is NNC(CC1CCCCC1)c1occc1Br. The molecule has 0 saturated heterocycles. The maximum Gasteiger partial charge on any atom is 0.136 e. The Morgan fingerprint density at radius 3 is 2.75 bits per heavy atom. The van der Waals surface area contributed by atoms with Crippen LogP contribution in [0.25, 0.3) is 0 Å². The highest BCUT2D eigenvalue weighted by atomic mass is 79.9. The third kappa shape index (κ3) is 2.87. The average molecular weight is 287 g/mol. The molecule has 3 N–H and O–H groups in total. The van der Waals surface area contributed by atoms with Gasteiger partial charge in [-0.25, -0.2) is 5.43 Å². The van der Waals surface area contributed by atoms with Crippen molar-refractivity contribution in [2.45, 2.75) is 44.6 Å². The van der Waals surface area contributed by atoms with Crippen LogP contribution in [0.1, 0.15) is 50.3 Å². The standard InChI is InChI=1S/C12H19BrN2O/c13-10-6-7-16-12(10)11(15-14)8-9-4-2-1-3-5-9/h6-7,9,11,15H,1-5,8,14H2. The molecule has 16 heavy (non-hydrogen) atoms. The van der Waals surface area contributed by atoms with E-state index in [4.69, 9.17) is 10.3 Å².